The zero-order valence-electron chi connectivity index (χ0n) is 15.0. The number of halogens is 1. The lowest BCUT2D eigenvalue weighted by Crippen LogP contribution is -2.64. The minimum atomic E-state index is -4.58. The molecule has 2 aliphatic rings. The molecule has 0 N–H and O–H groups in total. The lowest BCUT2D eigenvalue weighted by atomic mass is 9.98. The van der Waals surface area contributed by atoms with Gasteiger partial charge in [-0.05, 0) is 19.8 Å². The molecular weight excluding hydrogens is 470 g/mol. The van der Waals surface area contributed by atoms with Crippen LogP contribution in [-0.2, 0) is 43.3 Å². The number of carbonyl (C=O) groups is 3. The highest BCUT2D eigenvalue weighted by atomic mass is 79.9. The van der Waals surface area contributed by atoms with E-state index in [9.17, 15) is 31.2 Å². The molecule has 13 heteroatoms. The largest absolute Gasteiger partial charge is 0.436 e. The van der Waals surface area contributed by atoms with Crippen LogP contribution >= 0.6 is 15.9 Å². The van der Waals surface area contributed by atoms with Gasteiger partial charge >= 0.3 is 16.1 Å². The smallest absolute Gasteiger partial charge is 0.334 e. The molecule has 0 bridgehead atoms. The third-order valence-corrected chi connectivity index (χ3v) is 9.68. The lowest BCUT2D eigenvalue weighted by Gasteiger charge is -2.40. The zero-order valence-corrected chi connectivity index (χ0v) is 18.3. The van der Waals surface area contributed by atoms with Crippen molar-refractivity contribution in [1.29, 1.82) is 0 Å². The summed E-state index contributed by atoms with van der Waals surface area (Å²) in [7, 11) is -8.46. The number of esters is 1. The van der Waals surface area contributed by atoms with Crippen LogP contribution in [-0.4, -0.2) is 66.5 Å². The minimum Gasteiger partial charge on any atom is -0.436 e. The van der Waals surface area contributed by atoms with E-state index in [2.05, 4.69) is 20.1 Å². The van der Waals surface area contributed by atoms with E-state index >= 15 is 0 Å². The number of amides is 1. The Morgan fingerprint density at radius 1 is 1.30 bits per heavy atom. The van der Waals surface area contributed by atoms with E-state index in [4.69, 9.17) is 4.74 Å². The van der Waals surface area contributed by atoms with E-state index in [1.54, 1.807) is 13.8 Å². The third-order valence-electron chi connectivity index (χ3n) is 4.48. The van der Waals surface area contributed by atoms with Gasteiger partial charge in [0.05, 0.1) is 0 Å². The van der Waals surface area contributed by atoms with Crippen LogP contribution in [0.5, 0.6) is 0 Å². The van der Waals surface area contributed by atoms with Gasteiger partial charge in [0.2, 0.25) is 12.7 Å². The second-order valence-electron chi connectivity index (χ2n) is 7.21. The monoisotopic (exact) mass is 489 g/mol. The molecule has 0 aromatic heterocycles. The number of hydrogen-bond donors (Lipinski definition) is 0. The summed E-state index contributed by atoms with van der Waals surface area (Å²) in [6, 6.07) is -1.45. The zero-order chi connectivity index (χ0) is 20.9. The molecule has 0 aromatic carbocycles. The predicted molar refractivity (Wildman–Crippen MR) is 95.6 cm³/mol. The van der Waals surface area contributed by atoms with E-state index in [0.717, 1.165) is 4.90 Å². The summed E-state index contributed by atoms with van der Waals surface area (Å²) in [5.41, 5.74) is 0. The highest BCUT2D eigenvalue weighted by molar-refractivity contribution is 9.10. The van der Waals surface area contributed by atoms with Crippen LogP contribution in [0.25, 0.3) is 0 Å². The maximum Gasteiger partial charge on any atom is 0.334 e. The molecule has 0 radical (unpaired) electrons. The third kappa shape index (κ3) is 3.54. The van der Waals surface area contributed by atoms with Crippen LogP contribution in [0, 0.1) is 5.92 Å². The van der Waals surface area contributed by atoms with E-state index < -0.39 is 64.7 Å². The van der Waals surface area contributed by atoms with Crippen molar-refractivity contribution in [3.05, 3.63) is 0 Å². The molecular formula is C14H20BrNO9S2. The van der Waals surface area contributed by atoms with E-state index in [1.807, 2.05) is 0 Å². The molecule has 0 unspecified atom stereocenters. The van der Waals surface area contributed by atoms with Gasteiger partial charge in [-0.3, -0.25) is 9.59 Å². The summed E-state index contributed by atoms with van der Waals surface area (Å²) in [6.45, 7) is 4.76. The number of ether oxygens (including phenoxy) is 1. The van der Waals surface area contributed by atoms with Crippen molar-refractivity contribution >= 4 is 52.9 Å². The van der Waals surface area contributed by atoms with Crippen LogP contribution in [0.2, 0.25) is 0 Å². The van der Waals surface area contributed by atoms with E-state index in [-0.39, 0.29) is 12.3 Å². The highest BCUT2D eigenvalue weighted by Gasteiger charge is 2.71. The van der Waals surface area contributed by atoms with Crippen molar-refractivity contribution in [2.75, 3.05) is 6.79 Å². The molecule has 0 saturated carbocycles. The molecule has 2 fully saturated rings. The molecule has 2 rings (SSSR count). The summed E-state index contributed by atoms with van der Waals surface area (Å²) in [6.07, 6.45) is -0.263. The number of rotatable bonds is 6. The molecule has 154 valence electrons. The second-order valence-corrected chi connectivity index (χ2v) is 12.4. The Balaban J connectivity index is 2.08. The van der Waals surface area contributed by atoms with Gasteiger partial charge in [-0.2, -0.15) is 8.42 Å². The summed E-state index contributed by atoms with van der Waals surface area (Å²) >= 11 is 2.99. The van der Waals surface area contributed by atoms with Crippen molar-refractivity contribution in [3.8, 4) is 0 Å². The fourth-order valence-electron chi connectivity index (χ4n) is 2.95. The van der Waals surface area contributed by atoms with E-state index in [0.29, 0.717) is 0 Å². The quantitative estimate of drug-likeness (QED) is 0.164. The van der Waals surface area contributed by atoms with Crippen molar-refractivity contribution < 1.29 is 40.1 Å². The van der Waals surface area contributed by atoms with Crippen molar-refractivity contribution in [3.63, 3.8) is 0 Å². The Morgan fingerprint density at radius 2 is 1.85 bits per heavy atom. The van der Waals surface area contributed by atoms with Crippen LogP contribution in [0.1, 0.15) is 34.1 Å². The highest BCUT2D eigenvalue weighted by Crippen LogP contribution is 2.48. The molecule has 0 aromatic rings. The lowest BCUT2D eigenvalue weighted by molar-refractivity contribution is -0.165. The average Bonchev–Trinajstić information content (AvgIpc) is 2.67. The molecule has 27 heavy (non-hydrogen) atoms. The number of sulfone groups is 1. The van der Waals surface area contributed by atoms with Gasteiger partial charge < -0.3 is 9.64 Å². The molecule has 3 atom stereocenters. The fraction of sp³-hybridized carbons (Fsp3) is 0.786. The Kier molecular flexibility index (Phi) is 5.83. The first-order valence-corrected chi connectivity index (χ1v) is 11.8. The van der Waals surface area contributed by atoms with Crippen molar-refractivity contribution in [1.82, 2.24) is 4.90 Å². The topological polar surface area (TPSA) is 141 Å². The summed E-state index contributed by atoms with van der Waals surface area (Å²) in [5.74, 6) is -1.93. The van der Waals surface area contributed by atoms with Crippen LogP contribution < -0.4 is 0 Å². The normalized spacial score (nSPS) is 28.6. The first-order chi connectivity index (χ1) is 12.2. The Bertz CT molecular complexity index is 878. The molecule has 0 spiro atoms. The molecule has 1 amide bonds. The number of hydrogen-bond acceptors (Lipinski definition) is 9. The fourth-order valence-corrected chi connectivity index (χ4v) is 7.24. The maximum absolute atomic E-state index is 12.6. The molecule has 2 heterocycles. The van der Waals surface area contributed by atoms with Gasteiger partial charge in [-0.15, -0.1) is 0 Å². The van der Waals surface area contributed by atoms with Crippen molar-refractivity contribution in [2.24, 2.45) is 5.92 Å². The maximum atomic E-state index is 12.6. The van der Waals surface area contributed by atoms with Gasteiger partial charge in [-0.25, -0.2) is 17.4 Å². The molecule has 2 aliphatic heterocycles. The van der Waals surface area contributed by atoms with Gasteiger partial charge in [0.1, 0.15) is 15.6 Å². The first kappa shape index (κ1) is 22.2. The summed E-state index contributed by atoms with van der Waals surface area (Å²) in [5, 5.41) is -2.35. The first-order valence-electron chi connectivity index (χ1n) is 7.95. The van der Waals surface area contributed by atoms with Gasteiger partial charge in [-0.1, -0.05) is 29.8 Å². The average molecular weight is 490 g/mol. The van der Waals surface area contributed by atoms with Crippen LogP contribution in [0.15, 0.2) is 0 Å². The molecule has 10 nitrogen and oxygen atoms in total. The number of alkyl halides is 1. The number of carbonyl (C=O) groups excluding carboxylic acids is 3. The van der Waals surface area contributed by atoms with Gasteiger partial charge in [0, 0.05) is 6.42 Å². The number of fused-ring (bicyclic) bond motifs is 1. The summed E-state index contributed by atoms with van der Waals surface area (Å²) in [4.78, 5) is 35.9. The van der Waals surface area contributed by atoms with E-state index in [1.165, 1.54) is 13.8 Å². The van der Waals surface area contributed by atoms with Crippen LogP contribution in [0.3, 0.4) is 0 Å². The Morgan fingerprint density at radius 3 is 2.37 bits per heavy atom. The Hall–Kier alpha value is -1.05. The SMILES string of the molecule is CC(C)CC(=O)S(=O)(=O)OCOC(=O)[C@@H]1N2C(=O)[C@H](Br)[C@H]2S(=O)(=O)C1(C)C. The van der Waals surface area contributed by atoms with Crippen LogP contribution in [0.4, 0.5) is 0 Å². The van der Waals surface area contributed by atoms with Crippen molar-refractivity contribution in [2.45, 2.75) is 55.1 Å². The standard InChI is InChI=1S/C14H20BrNO9S2/c1-7(2)5-8(17)27(22,23)25-6-24-13(19)10-14(3,4)26(20,21)12-9(15)11(18)16(10)12/h7,9-10,12H,5-6H2,1-4H3/t9-,10-,12+/m0/s1. The van der Waals surface area contributed by atoms with Gasteiger partial charge in [0.15, 0.2) is 15.2 Å². The number of β-lactam (4-membered cyclic amide) rings is 1. The second kappa shape index (κ2) is 7.08. The summed E-state index contributed by atoms with van der Waals surface area (Å²) < 4.78 is 56.0. The van der Waals surface area contributed by atoms with Gasteiger partial charge in [0.25, 0.3) is 5.12 Å². The predicted octanol–water partition coefficient (Wildman–Crippen LogP) is -0.0864. The molecule has 0 aliphatic carbocycles. The number of nitrogens with zero attached hydrogens (tertiary/aromatic N) is 1. The molecule has 2 saturated heterocycles. The minimum absolute atomic E-state index is 0.213. The Labute approximate surface area is 165 Å².